The van der Waals surface area contributed by atoms with Crippen LogP contribution in [-0.2, 0) is 0 Å². The van der Waals surface area contributed by atoms with Gasteiger partial charge in [0, 0.05) is 0 Å². The Labute approximate surface area is 85.7 Å². The van der Waals surface area contributed by atoms with Crippen molar-refractivity contribution in [3.8, 4) is 0 Å². The standard InChI is InChI=1S/C7H10.C4H5O2P/c1-2-4-6-7-5-3-1;1-2-4-7-6-5-3-1/h1-4H,5-7H2;1-4,7H. The number of allylic oxidation sites excluding steroid dienone is 4. The lowest BCUT2D eigenvalue weighted by Crippen LogP contribution is -1.62. The summed E-state index contributed by atoms with van der Waals surface area (Å²) in [4.78, 5) is 0. The summed E-state index contributed by atoms with van der Waals surface area (Å²) < 4.78 is 9.01. The molecule has 1 aliphatic carbocycles. The Balaban J connectivity index is 0.000000140. The van der Waals surface area contributed by atoms with Crippen LogP contribution in [0.4, 0.5) is 0 Å². The van der Waals surface area contributed by atoms with Gasteiger partial charge >= 0.3 is 0 Å². The van der Waals surface area contributed by atoms with Gasteiger partial charge < -0.3 is 0 Å². The van der Waals surface area contributed by atoms with Crippen LogP contribution in [0, 0.1) is 0 Å². The summed E-state index contributed by atoms with van der Waals surface area (Å²) in [6.07, 6.45) is 14.0. The van der Waals surface area contributed by atoms with Crippen LogP contribution < -0.4 is 0 Å². The van der Waals surface area contributed by atoms with E-state index in [-0.39, 0.29) is 0 Å². The Morgan fingerprint density at radius 3 is 2.57 bits per heavy atom. The van der Waals surface area contributed by atoms with Gasteiger partial charge in [-0.2, -0.15) is 0 Å². The molecular weight excluding hydrogens is 195 g/mol. The Kier molecular flexibility index (Phi) is 6.61. The van der Waals surface area contributed by atoms with Gasteiger partial charge in [0.1, 0.15) is 6.26 Å². The number of rotatable bonds is 0. The maximum Gasteiger partial charge on any atom is 0.143 e. The van der Waals surface area contributed by atoms with Crippen LogP contribution in [-0.4, -0.2) is 0 Å². The molecule has 0 N–H and O–H groups in total. The molecule has 1 aliphatic rings. The predicted molar refractivity (Wildman–Crippen MR) is 60.2 cm³/mol. The van der Waals surface area contributed by atoms with Crippen molar-refractivity contribution in [2.24, 2.45) is 0 Å². The first-order chi connectivity index (χ1) is 7.00. The molecule has 0 fully saturated rings. The van der Waals surface area contributed by atoms with Gasteiger partial charge in [-0.15, -0.1) is 0 Å². The Hall–Kier alpha value is -1.14. The van der Waals surface area contributed by atoms with Gasteiger partial charge in [0.25, 0.3) is 0 Å². The van der Waals surface area contributed by atoms with Gasteiger partial charge in [0.15, 0.2) is 0 Å². The summed E-state index contributed by atoms with van der Waals surface area (Å²) in [5, 5.41) is 0. The van der Waals surface area contributed by atoms with Crippen LogP contribution in [0.25, 0.3) is 0 Å². The summed E-state index contributed by atoms with van der Waals surface area (Å²) >= 11 is 0. The zero-order chi connectivity index (χ0) is 9.90. The zero-order valence-corrected chi connectivity index (χ0v) is 9.06. The molecule has 0 amide bonds. The largest absolute Gasteiger partial charge is 0.296 e. The minimum atomic E-state index is 0.329. The molecule has 0 aromatic carbocycles. The molecular formula is C11H15O2P. The molecule has 1 heterocycles. The van der Waals surface area contributed by atoms with Crippen molar-refractivity contribution in [3.63, 3.8) is 0 Å². The van der Waals surface area contributed by atoms with E-state index < -0.39 is 0 Å². The summed E-state index contributed by atoms with van der Waals surface area (Å²) in [6.45, 7) is 0. The van der Waals surface area contributed by atoms with Crippen LogP contribution >= 0.6 is 8.43 Å². The highest BCUT2D eigenvalue weighted by Crippen LogP contribution is 2.01. The van der Waals surface area contributed by atoms with Crippen LogP contribution in [0.15, 0.2) is 57.4 Å². The summed E-state index contributed by atoms with van der Waals surface area (Å²) in [6, 6.07) is 3.66. The van der Waals surface area contributed by atoms with E-state index in [4.69, 9.17) is 0 Å². The first-order valence-corrected chi connectivity index (χ1v) is 5.70. The second kappa shape index (κ2) is 8.46. The fourth-order valence-corrected chi connectivity index (χ4v) is 1.32. The van der Waals surface area contributed by atoms with E-state index in [1.807, 2.05) is 11.9 Å². The topological polar surface area (TPSA) is 26.3 Å². The van der Waals surface area contributed by atoms with Crippen molar-refractivity contribution >= 4 is 8.43 Å². The van der Waals surface area contributed by atoms with E-state index in [1.54, 1.807) is 6.07 Å². The third kappa shape index (κ3) is 6.38. The van der Waals surface area contributed by atoms with E-state index in [0.717, 1.165) is 0 Å². The fraction of sp³-hybridized carbons (Fsp3) is 0.273. The molecule has 3 heteroatoms. The van der Waals surface area contributed by atoms with Crippen LogP contribution in [0.2, 0.25) is 0 Å². The molecule has 1 aromatic rings. The molecule has 0 aliphatic heterocycles. The van der Waals surface area contributed by atoms with E-state index in [1.165, 1.54) is 25.5 Å². The van der Waals surface area contributed by atoms with Gasteiger partial charge in [-0.3, -0.25) is 8.93 Å². The van der Waals surface area contributed by atoms with Crippen molar-refractivity contribution in [1.29, 1.82) is 0 Å². The molecule has 0 saturated heterocycles. The molecule has 0 spiro atoms. The lowest BCUT2D eigenvalue weighted by Gasteiger charge is -1.81. The lowest BCUT2D eigenvalue weighted by atomic mass is 10.2. The molecule has 2 nitrogen and oxygen atoms in total. The maximum atomic E-state index is 4.55. The third-order valence-electron chi connectivity index (χ3n) is 1.63. The Morgan fingerprint density at radius 1 is 1.00 bits per heavy atom. The number of hydrogen-bond donors (Lipinski definition) is 0. The van der Waals surface area contributed by atoms with Gasteiger partial charge in [-0.05, 0) is 31.1 Å². The highest BCUT2D eigenvalue weighted by molar-refractivity contribution is 7.21. The first-order valence-electron chi connectivity index (χ1n) is 4.71. The molecule has 0 bridgehead atoms. The van der Waals surface area contributed by atoms with Crippen molar-refractivity contribution in [2.45, 2.75) is 19.3 Å². The molecule has 0 saturated carbocycles. The second-order valence-corrected chi connectivity index (χ2v) is 3.51. The van der Waals surface area contributed by atoms with Gasteiger partial charge in [-0.25, -0.2) is 0 Å². The van der Waals surface area contributed by atoms with Crippen LogP contribution in [0.3, 0.4) is 0 Å². The predicted octanol–water partition coefficient (Wildman–Crippen LogP) is 4.31. The first kappa shape index (κ1) is 10.9. The highest BCUT2D eigenvalue weighted by atomic mass is 31.1. The Morgan fingerprint density at radius 2 is 1.79 bits per heavy atom. The van der Waals surface area contributed by atoms with E-state index in [9.17, 15) is 0 Å². The maximum absolute atomic E-state index is 4.55. The van der Waals surface area contributed by atoms with Crippen molar-refractivity contribution in [3.05, 3.63) is 48.5 Å². The average molecular weight is 210 g/mol. The minimum Gasteiger partial charge on any atom is -0.296 e. The summed E-state index contributed by atoms with van der Waals surface area (Å²) in [7, 11) is 0.329. The van der Waals surface area contributed by atoms with E-state index in [0.29, 0.717) is 8.43 Å². The van der Waals surface area contributed by atoms with Crippen LogP contribution in [0.1, 0.15) is 19.3 Å². The Bertz CT molecular complexity index is 239. The summed E-state index contributed by atoms with van der Waals surface area (Å²) in [5.41, 5.74) is 0. The minimum absolute atomic E-state index is 0.329. The van der Waals surface area contributed by atoms with Gasteiger partial charge in [0.05, 0.1) is 8.43 Å². The molecule has 2 rings (SSSR count). The normalized spacial score (nSPS) is 14.3. The van der Waals surface area contributed by atoms with E-state index in [2.05, 4.69) is 33.2 Å². The van der Waals surface area contributed by atoms with E-state index >= 15 is 0 Å². The third-order valence-corrected chi connectivity index (χ3v) is 2.15. The van der Waals surface area contributed by atoms with Crippen molar-refractivity contribution in [2.75, 3.05) is 0 Å². The lowest BCUT2D eigenvalue weighted by molar-refractivity contribution is 0.102. The molecule has 14 heavy (non-hydrogen) atoms. The zero-order valence-electron chi connectivity index (χ0n) is 8.06. The molecule has 0 radical (unpaired) electrons. The monoisotopic (exact) mass is 210 g/mol. The smallest absolute Gasteiger partial charge is 0.143 e. The van der Waals surface area contributed by atoms with Crippen molar-refractivity contribution in [1.82, 2.24) is 0 Å². The van der Waals surface area contributed by atoms with Gasteiger partial charge in [0.2, 0.25) is 0 Å². The summed E-state index contributed by atoms with van der Waals surface area (Å²) in [5.74, 6) is 1.89. The molecule has 1 unspecified atom stereocenters. The molecule has 1 atom stereocenters. The molecule has 76 valence electrons. The SMILES string of the molecule is C1=CCCCC=C1.c1cc[pH]ooc1. The van der Waals surface area contributed by atoms with Crippen molar-refractivity contribution < 1.29 is 8.93 Å². The number of hydrogen-bond acceptors (Lipinski definition) is 2. The molecule has 1 aromatic heterocycles. The second-order valence-electron chi connectivity index (χ2n) is 2.77. The quantitative estimate of drug-likeness (QED) is 0.596. The van der Waals surface area contributed by atoms with Crippen LogP contribution in [0.5, 0.6) is 0 Å². The fourth-order valence-electron chi connectivity index (χ4n) is 0.959. The highest BCUT2D eigenvalue weighted by Gasteiger charge is 1.81. The van der Waals surface area contributed by atoms with Gasteiger partial charge in [-0.1, -0.05) is 30.4 Å². The average Bonchev–Trinajstić information content (AvgIpc) is 2.68.